The summed E-state index contributed by atoms with van der Waals surface area (Å²) in [5, 5.41) is 6.68. The smallest absolute Gasteiger partial charge is 0.222 e. The number of nitrogens with one attached hydrogen (secondary N) is 2. The van der Waals surface area contributed by atoms with Gasteiger partial charge in [0.1, 0.15) is 5.82 Å². The molecule has 20 heavy (non-hydrogen) atoms. The molecule has 0 bridgehead atoms. The van der Waals surface area contributed by atoms with Gasteiger partial charge in [-0.2, -0.15) is 4.98 Å². The summed E-state index contributed by atoms with van der Waals surface area (Å²) in [5.41, 5.74) is 10.1. The molecule has 0 amide bonds. The van der Waals surface area contributed by atoms with Gasteiger partial charge in [0.2, 0.25) is 5.95 Å². The first-order valence-electron chi connectivity index (χ1n) is 6.52. The number of fused-ring (bicyclic) bond motifs is 1. The fourth-order valence-corrected chi connectivity index (χ4v) is 2.65. The number of nitrogen functional groups attached to an aromatic ring is 1. The second-order valence-electron chi connectivity index (χ2n) is 4.87. The van der Waals surface area contributed by atoms with Gasteiger partial charge < -0.3 is 16.4 Å². The van der Waals surface area contributed by atoms with E-state index in [9.17, 15) is 0 Å². The average Bonchev–Trinajstić information content (AvgIpc) is 2.43. The molecule has 2 aromatic rings. The molecule has 6 heteroatoms. The first kappa shape index (κ1) is 13.3. The molecule has 0 atom stereocenters. The summed E-state index contributed by atoms with van der Waals surface area (Å²) in [6.45, 7) is 3.76. The van der Waals surface area contributed by atoms with Crippen molar-refractivity contribution >= 4 is 33.4 Å². The molecule has 0 saturated heterocycles. The monoisotopic (exact) mass is 333 g/mol. The lowest BCUT2D eigenvalue weighted by Crippen LogP contribution is -2.26. The third kappa shape index (κ3) is 2.62. The lowest BCUT2D eigenvalue weighted by Gasteiger charge is -2.20. The molecule has 1 aromatic carbocycles. The minimum absolute atomic E-state index is 0.319. The molecule has 0 saturated carbocycles. The predicted octanol–water partition coefficient (Wildman–Crippen LogP) is 2.52. The molecule has 1 aromatic heterocycles. The SMILES string of the molecule is Cc1ccc(Nc2nc(N)nc3c2CNCC3)cc1Br. The van der Waals surface area contributed by atoms with Gasteiger partial charge >= 0.3 is 0 Å². The number of hydrogen-bond donors (Lipinski definition) is 3. The fourth-order valence-electron chi connectivity index (χ4n) is 2.27. The molecule has 2 heterocycles. The van der Waals surface area contributed by atoms with Crippen molar-refractivity contribution < 1.29 is 0 Å². The third-order valence-electron chi connectivity index (χ3n) is 3.38. The Balaban J connectivity index is 1.97. The van der Waals surface area contributed by atoms with Crippen molar-refractivity contribution in [2.24, 2.45) is 0 Å². The Morgan fingerprint density at radius 3 is 3.00 bits per heavy atom. The molecular weight excluding hydrogens is 318 g/mol. The Hall–Kier alpha value is -1.66. The van der Waals surface area contributed by atoms with Gasteiger partial charge in [-0.1, -0.05) is 22.0 Å². The van der Waals surface area contributed by atoms with Crippen LogP contribution >= 0.6 is 15.9 Å². The number of nitrogens with two attached hydrogens (primary N) is 1. The van der Waals surface area contributed by atoms with E-state index in [1.54, 1.807) is 0 Å². The van der Waals surface area contributed by atoms with Crippen LogP contribution < -0.4 is 16.4 Å². The third-order valence-corrected chi connectivity index (χ3v) is 4.24. The van der Waals surface area contributed by atoms with Crippen molar-refractivity contribution in [3.8, 4) is 0 Å². The van der Waals surface area contributed by atoms with Crippen LogP contribution in [0.25, 0.3) is 0 Å². The molecule has 0 unspecified atom stereocenters. The molecule has 1 aliphatic heterocycles. The standard InChI is InChI=1S/C14H16BrN5/c1-8-2-3-9(6-11(8)15)18-13-10-7-17-5-4-12(10)19-14(16)20-13/h2-3,6,17H,4-5,7H2,1H3,(H3,16,18,19,20). The highest BCUT2D eigenvalue weighted by atomic mass is 79.9. The first-order chi connectivity index (χ1) is 9.63. The first-order valence-corrected chi connectivity index (χ1v) is 7.32. The van der Waals surface area contributed by atoms with Crippen LogP contribution in [0.5, 0.6) is 0 Å². The molecule has 0 fully saturated rings. The van der Waals surface area contributed by atoms with Crippen LogP contribution in [0.4, 0.5) is 17.5 Å². The largest absolute Gasteiger partial charge is 0.368 e. The maximum Gasteiger partial charge on any atom is 0.222 e. The molecule has 0 radical (unpaired) electrons. The molecular formula is C14H16BrN5. The maximum absolute atomic E-state index is 5.80. The van der Waals surface area contributed by atoms with Crippen molar-refractivity contribution in [2.75, 3.05) is 17.6 Å². The van der Waals surface area contributed by atoms with Gasteiger partial charge in [0.25, 0.3) is 0 Å². The van der Waals surface area contributed by atoms with E-state index >= 15 is 0 Å². The van der Waals surface area contributed by atoms with Gasteiger partial charge in [-0.25, -0.2) is 4.98 Å². The van der Waals surface area contributed by atoms with Gasteiger partial charge in [0.15, 0.2) is 0 Å². The molecule has 4 N–H and O–H groups in total. The fraction of sp³-hybridized carbons (Fsp3) is 0.286. The number of rotatable bonds is 2. The van der Waals surface area contributed by atoms with E-state index < -0.39 is 0 Å². The van der Waals surface area contributed by atoms with E-state index in [1.807, 2.05) is 12.1 Å². The van der Waals surface area contributed by atoms with Gasteiger partial charge in [0.05, 0.1) is 5.69 Å². The topological polar surface area (TPSA) is 75.9 Å². The summed E-state index contributed by atoms with van der Waals surface area (Å²) >= 11 is 3.54. The highest BCUT2D eigenvalue weighted by Gasteiger charge is 2.17. The summed E-state index contributed by atoms with van der Waals surface area (Å²) in [6, 6.07) is 6.12. The zero-order chi connectivity index (χ0) is 14.1. The van der Waals surface area contributed by atoms with Crippen LogP contribution in [-0.4, -0.2) is 16.5 Å². The van der Waals surface area contributed by atoms with E-state index in [0.717, 1.165) is 46.7 Å². The number of benzene rings is 1. The summed E-state index contributed by atoms with van der Waals surface area (Å²) in [4.78, 5) is 8.66. The number of hydrogen-bond acceptors (Lipinski definition) is 5. The Labute approximate surface area is 126 Å². The van der Waals surface area contributed by atoms with Gasteiger partial charge in [-0.3, -0.25) is 0 Å². The van der Waals surface area contributed by atoms with E-state index in [2.05, 4.69) is 49.5 Å². The van der Waals surface area contributed by atoms with Crippen molar-refractivity contribution in [3.05, 3.63) is 39.5 Å². The van der Waals surface area contributed by atoms with Crippen molar-refractivity contribution in [1.29, 1.82) is 0 Å². The highest BCUT2D eigenvalue weighted by Crippen LogP contribution is 2.27. The van der Waals surface area contributed by atoms with Crippen LogP contribution in [0, 0.1) is 6.92 Å². The lowest BCUT2D eigenvalue weighted by molar-refractivity contribution is 0.629. The summed E-state index contributed by atoms with van der Waals surface area (Å²) < 4.78 is 1.07. The van der Waals surface area contributed by atoms with E-state index in [1.165, 1.54) is 5.56 Å². The summed E-state index contributed by atoms with van der Waals surface area (Å²) in [7, 11) is 0. The van der Waals surface area contributed by atoms with Gasteiger partial charge in [-0.15, -0.1) is 0 Å². The lowest BCUT2D eigenvalue weighted by atomic mass is 10.1. The number of halogens is 1. The van der Waals surface area contributed by atoms with Crippen LogP contribution in [0.1, 0.15) is 16.8 Å². The second kappa shape index (κ2) is 5.38. The molecule has 5 nitrogen and oxygen atoms in total. The zero-order valence-electron chi connectivity index (χ0n) is 11.2. The van der Waals surface area contributed by atoms with Crippen molar-refractivity contribution in [2.45, 2.75) is 19.9 Å². The molecule has 0 spiro atoms. The number of anilines is 3. The highest BCUT2D eigenvalue weighted by molar-refractivity contribution is 9.10. The maximum atomic E-state index is 5.80. The Bertz CT molecular complexity index is 656. The predicted molar refractivity (Wildman–Crippen MR) is 84.0 cm³/mol. The molecule has 3 rings (SSSR count). The average molecular weight is 334 g/mol. The molecule has 0 aliphatic carbocycles. The van der Waals surface area contributed by atoms with E-state index in [4.69, 9.17) is 5.73 Å². The Kier molecular flexibility index (Phi) is 3.58. The summed E-state index contributed by atoms with van der Waals surface area (Å²) in [6.07, 6.45) is 0.883. The normalized spacial score (nSPS) is 13.9. The molecule has 104 valence electrons. The van der Waals surface area contributed by atoms with Gasteiger partial charge in [0, 0.05) is 35.2 Å². The zero-order valence-corrected chi connectivity index (χ0v) is 12.8. The second-order valence-corrected chi connectivity index (χ2v) is 5.73. The van der Waals surface area contributed by atoms with Crippen molar-refractivity contribution in [3.63, 3.8) is 0 Å². The van der Waals surface area contributed by atoms with Crippen LogP contribution in [0.3, 0.4) is 0 Å². The minimum Gasteiger partial charge on any atom is -0.368 e. The van der Waals surface area contributed by atoms with E-state index in [-0.39, 0.29) is 0 Å². The summed E-state index contributed by atoms with van der Waals surface area (Å²) in [5.74, 6) is 1.11. The quantitative estimate of drug-likeness (QED) is 0.787. The van der Waals surface area contributed by atoms with Crippen molar-refractivity contribution in [1.82, 2.24) is 15.3 Å². The number of aromatic nitrogens is 2. The van der Waals surface area contributed by atoms with E-state index in [0.29, 0.717) is 5.95 Å². The van der Waals surface area contributed by atoms with Gasteiger partial charge in [-0.05, 0) is 24.6 Å². The van der Waals surface area contributed by atoms with Crippen LogP contribution in [0.2, 0.25) is 0 Å². The number of aryl methyl sites for hydroxylation is 1. The number of nitrogens with zero attached hydrogens (tertiary/aromatic N) is 2. The molecule has 1 aliphatic rings. The van der Waals surface area contributed by atoms with Crippen LogP contribution in [-0.2, 0) is 13.0 Å². The minimum atomic E-state index is 0.319. The van der Waals surface area contributed by atoms with Crippen LogP contribution in [0.15, 0.2) is 22.7 Å². The Morgan fingerprint density at radius 1 is 1.35 bits per heavy atom. The Morgan fingerprint density at radius 2 is 2.20 bits per heavy atom.